The second-order valence-corrected chi connectivity index (χ2v) is 5.73. The Hall–Kier alpha value is -1.13. The summed E-state index contributed by atoms with van der Waals surface area (Å²) in [6.45, 7) is 6.19. The summed E-state index contributed by atoms with van der Waals surface area (Å²) in [7, 11) is 1.87. The lowest BCUT2D eigenvalue weighted by Gasteiger charge is -2.13. The molecule has 0 saturated carbocycles. The number of hydrogen-bond acceptors (Lipinski definition) is 4. The van der Waals surface area contributed by atoms with E-state index in [0.717, 1.165) is 32.8 Å². The molecule has 0 aromatic carbocycles. The number of anilines is 1. The molecule has 0 radical (unpaired) electrons. The predicted octanol–water partition coefficient (Wildman–Crippen LogP) is 4.33. The molecule has 0 aliphatic rings. The van der Waals surface area contributed by atoms with E-state index in [2.05, 4.69) is 29.1 Å². The summed E-state index contributed by atoms with van der Waals surface area (Å²) in [5.41, 5.74) is 1.96. The third-order valence-electron chi connectivity index (χ3n) is 2.75. The van der Waals surface area contributed by atoms with Gasteiger partial charge in [-0.2, -0.15) is 0 Å². The van der Waals surface area contributed by atoms with Gasteiger partial charge in [0.2, 0.25) is 0 Å². The molecule has 96 valence electrons. The minimum atomic E-state index is 0.287. The molecule has 0 aliphatic heterocycles. The van der Waals surface area contributed by atoms with Crippen LogP contribution in [0.4, 0.5) is 5.82 Å². The Morgan fingerprint density at radius 1 is 1.33 bits per heavy atom. The van der Waals surface area contributed by atoms with Gasteiger partial charge < -0.3 is 5.32 Å². The molecule has 1 N–H and O–H groups in total. The van der Waals surface area contributed by atoms with Gasteiger partial charge in [-0.25, -0.2) is 9.97 Å². The van der Waals surface area contributed by atoms with Gasteiger partial charge in [0.25, 0.3) is 0 Å². The molecule has 0 spiro atoms. The zero-order valence-corrected chi connectivity index (χ0v) is 12.5. The van der Waals surface area contributed by atoms with Crippen molar-refractivity contribution in [2.45, 2.75) is 26.7 Å². The van der Waals surface area contributed by atoms with E-state index in [1.165, 1.54) is 0 Å². The van der Waals surface area contributed by atoms with Crippen molar-refractivity contribution in [3.05, 3.63) is 27.9 Å². The highest BCUT2D eigenvalue weighted by Gasteiger charge is 2.16. The molecule has 2 aromatic heterocycles. The van der Waals surface area contributed by atoms with E-state index in [0.29, 0.717) is 0 Å². The molecule has 0 saturated heterocycles. The van der Waals surface area contributed by atoms with Gasteiger partial charge in [-0.1, -0.05) is 25.4 Å². The molecule has 2 rings (SSSR count). The van der Waals surface area contributed by atoms with Crippen molar-refractivity contribution < 1.29 is 0 Å². The first-order valence-electron chi connectivity index (χ1n) is 5.84. The monoisotopic (exact) mass is 281 g/mol. The summed E-state index contributed by atoms with van der Waals surface area (Å²) in [6.07, 6.45) is 0. The molecule has 2 heterocycles. The fourth-order valence-corrected chi connectivity index (χ4v) is 2.91. The Morgan fingerprint density at radius 3 is 2.56 bits per heavy atom. The van der Waals surface area contributed by atoms with Gasteiger partial charge in [-0.3, -0.25) is 0 Å². The second kappa shape index (κ2) is 5.24. The van der Waals surface area contributed by atoms with Crippen LogP contribution >= 0.6 is 22.9 Å². The average molecular weight is 282 g/mol. The molecule has 0 atom stereocenters. The Labute approximate surface area is 116 Å². The van der Waals surface area contributed by atoms with Crippen molar-refractivity contribution in [3.8, 4) is 10.6 Å². The summed E-state index contributed by atoms with van der Waals surface area (Å²) in [5, 5.41) is 5.85. The van der Waals surface area contributed by atoms with Gasteiger partial charge in [0.15, 0.2) is 0 Å². The molecule has 0 bridgehead atoms. The molecule has 18 heavy (non-hydrogen) atoms. The largest absolute Gasteiger partial charge is 0.373 e. The lowest BCUT2D eigenvalue weighted by molar-refractivity contribution is 0.775. The topological polar surface area (TPSA) is 37.8 Å². The van der Waals surface area contributed by atoms with Gasteiger partial charge in [-0.05, 0) is 18.4 Å². The highest BCUT2D eigenvalue weighted by atomic mass is 35.5. The van der Waals surface area contributed by atoms with Gasteiger partial charge >= 0.3 is 0 Å². The maximum absolute atomic E-state index is 6.20. The minimum Gasteiger partial charge on any atom is -0.373 e. The molecule has 0 fully saturated rings. The summed E-state index contributed by atoms with van der Waals surface area (Å²) in [6, 6.07) is 1.90. The number of aromatic nitrogens is 2. The van der Waals surface area contributed by atoms with Crippen LogP contribution in [0.5, 0.6) is 0 Å². The van der Waals surface area contributed by atoms with Crippen LogP contribution in [0.3, 0.4) is 0 Å². The first kappa shape index (κ1) is 13.3. The number of rotatable bonds is 3. The lowest BCUT2D eigenvalue weighted by atomic mass is 10.1. The van der Waals surface area contributed by atoms with Crippen molar-refractivity contribution in [2.75, 3.05) is 12.4 Å². The Balaban J connectivity index is 2.66. The Kier molecular flexibility index (Phi) is 3.88. The second-order valence-electron chi connectivity index (χ2n) is 4.41. The van der Waals surface area contributed by atoms with E-state index in [9.17, 15) is 0 Å². The Morgan fingerprint density at radius 2 is 2.06 bits per heavy atom. The number of thiophene rings is 1. The number of nitrogens with zero attached hydrogens (tertiary/aromatic N) is 2. The molecular weight excluding hydrogens is 266 g/mol. The van der Waals surface area contributed by atoms with E-state index < -0.39 is 0 Å². The predicted molar refractivity (Wildman–Crippen MR) is 78.7 cm³/mol. The third-order valence-corrected chi connectivity index (χ3v) is 4.10. The van der Waals surface area contributed by atoms with Crippen molar-refractivity contribution in [2.24, 2.45) is 0 Å². The smallest absolute Gasteiger partial charge is 0.134 e. The average Bonchev–Trinajstić information content (AvgIpc) is 2.75. The van der Waals surface area contributed by atoms with Crippen LogP contribution in [0, 0.1) is 6.92 Å². The van der Waals surface area contributed by atoms with Gasteiger partial charge in [0, 0.05) is 18.5 Å². The molecule has 0 aliphatic carbocycles. The number of hydrogen-bond donors (Lipinski definition) is 1. The molecule has 0 unspecified atom stereocenters. The molecule has 5 heteroatoms. The van der Waals surface area contributed by atoms with Crippen LogP contribution in [-0.2, 0) is 0 Å². The zero-order valence-electron chi connectivity index (χ0n) is 10.9. The summed E-state index contributed by atoms with van der Waals surface area (Å²) >= 11 is 7.81. The van der Waals surface area contributed by atoms with Crippen LogP contribution in [0.2, 0.25) is 5.02 Å². The lowest BCUT2D eigenvalue weighted by Crippen LogP contribution is -2.06. The SMILES string of the molecule is CNc1nc(C(C)C)nc(-c2sccc2Cl)c1C. The first-order chi connectivity index (χ1) is 8.54. The van der Waals surface area contributed by atoms with Crippen molar-refractivity contribution >= 4 is 28.8 Å². The molecular formula is C13H16ClN3S. The van der Waals surface area contributed by atoms with Gasteiger partial charge in [0.1, 0.15) is 11.6 Å². The van der Waals surface area contributed by atoms with Gasteiger partial charge in [-0.15, -0.1) is 11.3 Å². The molecule has 0 amide bonds. The van der Waals surface area contributed by atoms with Crippen LogP contribution in [0.1, 0.15) is 31.2 Å². The maximum atomic E-state index is 6.20. The van der Waals surface area contributed by atoms with Crippen LogP contribution < -0.4 is 5.32 Å². The minimum absolute atomic E-state index is 0.287. The van der Waals surface area contributed by atoms with E-state index >= 15 is 0 Å². The fourth-order valence-electron chi connectivity index (χ4n) is 1.72. The standard InChI is InChI=1S/C13H16ClN3S/c1-7(2)12-16-10(8(3)13(15-4)17-12)11-9(14)5-6-18-11/h5-7H,1-4H3,(H,15,16,17). The van der Waals surface area contributed by atoms with Crippen molar-refractivity contribution in [1.82, 2.24) is 9.97 Å². The van der Waals surface area contributed by atoms with Crippen molar-refractivity contribution in [1.29, 1.82) is 0 Å². The fraction of sp³-hybridized carbons (Fsp3) is 0.385. The quantitative estimate of drug-likeness (QED) is 0.910. The molecule has 3 nitrogen and oxygen atoms in total. The summed E-state index contributed by atoms with van der Waals surface area (Å²) < 4.78 is 0. The highest BCUT2D eigenvalue weighted by Crippen LogP contribution is 2.36. The first-order valence-corrected chi connectivity index (χ1v) is 7.10. The van der Waals surface area contributed by atoms with E-state index in [1.807, 2.05) is 25.4 Å². The Bertz CT molecular complexity index is 563. The van der Waals surface area contributed by atoms with Crippen LogP contribution in [0.15, 0.2) is 11.4 Å². The summed E-state index contributed by atoms with van der Waals surface area (Å²) in [5.74, 6) is 1.99. The van der Waals surface area contributed by atoms with Crippen LogP contribution in [0.25, 0.3) is 10.6 Å². The zero-order chi connectivity index (χ0) is 13.3. The van der Waals surface area contributed by atoms with E-state index in [4.69, 9.17) is 11.6 Å². The van der Waals surface area contributed by atoms with Gasteiger partial charge in [0.05, 0.1) is 15.6 Å². The third kappa shape index (κ3) is 2.35. The van der Waals surface area contributed by atoms with Crippen LogP contribution in [-0.4, -0.2) is 17.0 Å². The van der Waals surface area contributed by atoms with E-state index in [1.54, 1.807) is 11.3 Å². The highest BCUT2D eigenvalue weighted by molar-refractivity contribution is 7.14. The summed E-state index contributed by atoms with van der Waals surface area (Å²) in [4.78, 5) is 10.2. The normalized spacial score (nSPS) is 11.0. The van der Waals surface area contributed by atoms with Crippen molar-refractivity contribution in [3.63, 3.8) is 0 Å². The number of halogens is 1. The maximum Gasteiger partial charge on any atom is 0.134 e. The van der Waals surface area contributed by atoms with E-state index in [-0.39, 0.29) is 5.92 Å². The molecule has 2 aromatic rings. The number of nitrogens with one attached hydrogen (secondary N) is 1.